The number of thiophene rings is 1. The molecule has 0 atom stereocenters. The molecule has 0 aliphatic carbocycles. The van der Waals surface area contributed by atoms with Gasteiger partial charge in [-0.05, 0) is 42.5 Å². The molecule has 2 heterocycles. The van der Waals surface area contributed by atoms with Crippen LogP contribution in [0, 0.1) is 0 Å². The largest absolute Gasteiger partial charge is 0.356 e. The zero-order chi connectivity index (χ0) is 17.3. The van der Waals surface area contributed by atoms with Crippen LogP contribution in [0.3, 0.4) is 0 Å². The van der Waals surface area contributed by atoms with Crippen LogP contribution in [0.1, 0.15) is 39.2 Å². The second kappa shape index (κ2) is 7.08. The summed E-state index contributed by atoms with van der Waals surface area (Å²) in [5.41, 5.74) is 3.73. The van der Waals surface area contributed by atoms with Crippen molar-refractivity contribution in [2.24, 2.45) is 0 Å². The van der Waals surface area contributed by atoms with Gasteiger partial charge in [0.25, 0.3) is 0 Å². The van der Waals surface area contributed by atoms with E-state index in [1.54, 1.807) is 11.3 Å². The van der Waals surface area contributed by atoms with Crippen LogP contribution in [0.15, 0.2) is 29.6 Å². The zero-order valence-electron chi connectivity index (χ0n) is 14.5. The Morgan fingerprint density at radius 2 is 1.75 bits per heavy atom. The third kappa shape index (κ3) is 3.13. The highest BCUT2D eigenvalue weighted by Crippen LogP contribution is 2.39. The minimum Gasteiger partial charge on any atom is -0.356 e. The van der Waals surface area contributed by atoms with Crippen LogP contribution in [0.25, 0.3) is 21.3 Å². The molecule has 0 unspecified atom stereocenters. The lowest BCUT2D eigenvalue weighted by atomic mass is 9.99. The molecule has 0 fully saturated rings. The lowest BCUT2D eigenvalue weighted by molar-refractivity contribution is 0.849. The zero-order valence-corrected chi connectivity index (χ0v) is 16.1. The second-order valence-corrected chi connectivity index (χ2v) is 7.29. The number of anilines is 1. The third-order valence-corrected chi connectivity index (χ3v) is 5.38. The second-order valence-electron chi connectivity index (χ2n) is 6.09. The Balaban J connectivity index is 2.18. The summed E-state index contributed by atoms with van der Waals surface area (Å²) in [7, 11) is 0. The highest BCUT2D eigenvalue weighted by molar-refractivity contribution is 7.17. The molecule has 1 aromatic carbocycles. The molecular weight excluding hydrogens is 338 g/mol. The predicted molar refractivity (Wildman–Crippen MR) is 106 cm³/mol. The van der Waals surface area contributed by atoms with Crippen molar-refractivity contribution in [2.45, 2.75) is 33.6 Å². The highest BCUT2D eigenvalue weighted by atomic mass is 35.5. The maximum absolute atomic E-state index is 6.15. The smallest absolute Gasteiger partial charge is 0.225 e. The van der Waals surface area contributed by atoms with Gasteiger partial charge in [0, 0.05) is 24.0 Å². The van der Waals surface area contributed by atoms with E-state index in [4.69, 9.17) is 11.6 Å². The first-order valence-corrected chi connectivity index (χ1v) is 9.60. The number of hydrogen-bond donors (Lipinski definition) is 0. The molecule has 0 N–H and O–H groups in total. The average molecular weight is 360 g/mol. The van der Waals surface area contributed by atoms with Crippen LogP contribution in [-0.2, 0) is 0 Å². The third-order valence-electron chi connectivity index (χ3n) is 4.34. The molecule has 5 heteroatoms. The number of hydrogen-bond acceptors (Lipinski definition) is 4. The summed E-state index contributed by atoms with van der Waals surface area (Å²) in [6, 6.07) is 8.80. The van der Waals surface area contributed by atoms with E-state index in [1.165, 1.54) is 16.7 Å². The van der Waals surface area contributed by atoms with Gasteiger partial charge in [0.1, 0.15) is 10.6 Å². The summed E-state index contributed by atoms with van der Waals surface area (Å²) in [5.74, 6) is 1.46. The van der Waals surface area contributed by atoms with Gasteiger partial charge in [-0.15, -0.1) is 11.3 Å². The number of halogens is 1. The van der Waals surface area contributed by atoms with Crippen LogP contribution >= 0.6 is 22.9 Å². The van der Waals surface area contributed by atoms with Crippen molar-refractivity contribution < 1.29 is 0 Å². The van der Waals surface area contributed by atoms with E-state index in [2.05, 4.69) is 72.2 Å². The monoisotopic (exact) mass is 359 g/mol. The molecule has 0 amide bonds. The lowest BCUT2D eigenvalue weighted by Gasteiger charge is -2.21. The fourth-order valence-corrected chi connectivity index (χ4v) is 4.07. The molecule has 126 valence electrons. The maximum atomic E-state index is 6.15. The van der Waals surface area contributed by atoms with Crippen LogP contribution in [0.2, 0.25) is 5.28 Å². The fourth-order valence-electron chi connectivity index (χ4n) is 2.91. The molecule has 3 rings (SSSR count). The molecule has 0 aliphatic rings. The van der Waals surface area contributed by atoms with E-state index in [0.717, 1.165) is 29.1 Å². The summed E-state index contributed by atoms with van der Waals surface area (Å²) in [6.45, 7) is 10.5. The fraction of sp³-hybridized carbons (Fsp3) is 0.368. The molecule has 0 bridgehead atoms. The summed E-state index contributed by atoms with van der Waals surface area (Å²) < 4.78 is 0. The number of nitrogens with zero attached hydrogens (tertiary/aromatic N) is 3. The molecular formula is C19H22ClN3S. The maximum Gasteiger partial charge on any atom is 0.225 e. The van der Waals surface area contributed by atoms with E-state index in [9.17, 15) is 0 Å². The van der Waals surface area contributed by atoms with Gasteiger partial charge in [-0.1, -0.05) is 38.1 Å². The van der Waals surface area contributed by atoms with Gasteiger partial charge >= 0.3 is 0 Å². The summed E-state index contributed by atoms with van der Waals surface area (Å²) in [6.07, 6.45) is 0. The first kappa shape index (κ1) is 17.2. The Bertz CT molecular complexity index is 836. The van der Waals surface area contributed by atoms with Crippen molar-refractivity contribution in [3.63, 3.8) is 0 Å². The Morgan fingerprint density at radius 1 is 1.08 bits per heavy atom. The topological polar surface area (TPSA) is 29.0 Å². The summed E-state index contributed by atoms with van der Waals surface area (Å²) in [5, 5.41) is 3.57. The Labute approximate surface area is 152 Å². The van der Waals surface area contributed by atoms with Gasteiger partial charge in [-0.25, -0.2) is 4.98 Å². The number of aromatic nitrogens is 2. The Hall–Kier alpha value is -1.65. The van der Waals surface area contributed by atoms with Gasteiger partial charge in [0.15, 0.2) is 0 Å². The van der Waals surface area contributed by atoms with Gasteiger partial charge in [-0.3, -0.25) is 0 Å². The minimum absolute atomic E-state index is 0.313. The van der Waals surface area contributed by atoms with Crippen molar-refractivity contribution in [2.75, 3.05) is 18.0 Å². The number of benzene rings is 1. The molecule has 0 spiro atoms. The van der Waals surface area contributed by atoms with Crippen molar-refractivity contribution in [1.29, 1.82) is 0 Å². The van der Waals surface area contributed by atoms with E-state index in [0.29, 0.717) is 11.2 Å². The van der Waals surface area contributed by atoms with Crippen molar-refractivity contribution in [1.82, 2.24) is 9.97 Å². The molecule has 0 radical (unpaired) electrons. The molecule has 3 nitrogen and oxygen atoms in total. The molecule has 24 heavy (non-hydrogen) atoms. The predicted octanol–water partition coefficient (Wildman–Crippen LogP) is 5.98. The average Bonchev–Trinajstić information content (AvgIpc) is 2.99. The van der Waals surface area contributed by atoms with Crippen LogP contribution in [0.5, 0.6) is 0 Å². The van der Waals surface area contributed by atoms with Gasteiger partial charge < -0.3 is 4.90 Å². The van der Waals surface area contributed by atoms with E-state index < -0.39 is 0 Å². The first-order chi connectivity index (χ1) is 11.5. The van der Waals surface area contributed by atoms with E-state index in [1.807, 2.05) is 0 Å². The van der Waals surface area contributed by atoms with Gasteiger partial charge in [0.2, 0.25) is 5.28 Å². The quantitative estimate of drug-likeness (QED) is 0.524. The SMILES string of the molecule is CCN(CC)c1nc(Cl)nc2scc(-c3ccc(C(C)C)cc3)c12. The summed E-state index contributed by atoms with van der Waals surface area (Å²) >= 11 is 7.77. The molecule has 3 aromatic rings. The van der Waals surface area contributed by atoms with Gasteiger partial charge in [0.05, 0.1) is 5.39 Å². The van der Waals surface area contributed by atoms with Crippen LogP contribution in [-0.4, -0.2) is 23.1 Å². The standard InChI is InChI=1S/C19H22ClN3S/c1-5-23(6-2)17-16-15(11-24-18(16)22-19(20)21-17)14-9-7-13(8-10-14)12(3)4/h7-12H,5-6H2,1-4H3. The molecule has 0 aliphatic heterocycles. The Kier molecular flexibility index (Phi) is 5.07. The van der Waals surface area contributed by atoms with E-state index >= 15 is 0 Å². The van der Waals surface area contributed by atoms with E-state index in [-0.39, 0.29) is 0 Å². The number of rotatable bonds is 5. The van der Waals surface area contributed by atoms with Crippen molar-refractivity contribution in [3.8, 4) is 11.1 Å². The van der Waals surface area contributed by atoms with Gasteiger partial charge in [-0.2, -0.15) is 4.98 Å². The highest BCUT2D eigenvalue weighted by Gasteiger charge is 2.18. The lowest BCUT2D eigenvalue weighted by Crippen LogP contribution is -2.23. The summed E-state index contributed by atoms with van der Waals surface area (Å²) in [4.78, 5) is 12.1. The molecule has 0 saturated heterocycles. The minimum atomic E-state index is 0.313. The van der Waals surface area contributed by atoms with Crippen LogP contribution in [0.4, 0.5) is 5.82 Å². The number of fused-ring (bicyclic) bond motifs is 1. The van der Waals surface area contributed by atoms with Crippen molar-refractivity contribution >= 4 is 39.0 Å². The Morgan fingerprint density at radius 3 is 2.33 bits per heavy atom. The molecule has 2 aromatic heterocycles. The van der Waals surface area contributed by atoms with Crippen molar-refractivity contribution in [3.05, 3.63) is 40.5 Å². The molecule has 0 saturated carbocycles. The van der Waals surface area contributed by atoms with Crippen LogP contribution < -0.4 is 4.90 Å². The first-order valence-electron chi connectivity index (χ1n) is 8.35. The normalized spacial score (nSPS) is 11.4.